The molecule has 0 saturated heterocycles. The first kappa shape index (κ1) is 18.4. The Bertz CT molecular complexity index is 635. The van der Waals surface area contributed by atoms with Crippen LogP contribution in [0.2, 0.25) is 25.7 Å². The van der Waals surface area contributed by atoms with E-state index in [1.165, 1.54) is 0 Å². The van der Waals surface area contributed by atoms with Crippen LogP contribution in [0.1, 0.15) is 12.1 Å². The number of ether oxygens (including phenoxy) is 1. The van der Waals surface area contributed by atoms with Crippen LogP contribution in [0, 0.1) is 0 Å². The molecular weight excluding hydrogens is 318 g/mol. The first-order valence-electron chi connectivity index (χ1n) is 8.36. The number of carbonyl (C=O) groups excluding carboxylic acids is 1. The number of aromatic nitrogens is 2. The standard InChI is InChI=1S/C18H27N3O2Si/c1-24(2,3)12-11-23-15-21-13-17(19-14-21)9-10-18(22)20-16-7-5-4-6-8-16/h4-8,13-14H,9-12,15H2,1-3H3,(H,20,22). The van der Waals surface area contributed by atoms with Gasteiger partial charge in [0.1, 0.15) is 6.73 Å². The van der Waals surface area contributed by atoms with Gasteiger partial charge in [0.25, 0.3) is 0 Å². The molecule has 2 rings (SSSR count). The summed E-state index contributed by atoms with van der Waals surface area (Å²) in [5.74, 6) is 0.00198. The lowest BCUT2D eigenvalue weighted by Crippen LogP contribution is -2.21. The number of anilines is 1. The topological polar surface area (TPSA) is 56.2 Å². The highest BCUT2D eigenvalue weighted by molar-refractivity contribution is 6.76. The summed E-state index contributed by atoms with van der Waals surface area (Å²) in [6.07, 6.45) is 4.76. The SMILES string of the molecule is C[Si](C)(C)CCOCn1cnc(CCC(=O)Nc2ccccc2)c1. The van der Waals surface area contributed by atoms with Crippen molar-refractivity contribution in [2.75, 3.05) is 11.9 Å². The van der Waals surface area contributed by atoms with Gasteiger partial charge < -0.3 is 14.6 Å². The van der Waals surface area contributed by atoms with Crippen molar-refractivity contribution >= 4 is 19.7 Å². The molecule has 5 nitrogen and oxygen atoms in total. The summed E-state index contributed by atoms with van der Waals surface area (Å²) in [5, 5.41) is 2.88. The second kappa shape index (κ2) is 8.80. The predicted molar refractivity (Wildman–Crippen MR) is 99.7 cm³/mol. The smallest absolute Gasteiger partial charge is 0.224 e. The van der Waals surface area contributed by atoms with E-state index in [0.29, 0.717) is 19.6 Å². The van der Waals surface area contributed by atoms with Crippen molar-refractivity contribution in [2.24, 2.45) is 0 Å². The molecule has 1 N–H and O–H groups in total. The van der Waals surface area contributed by atoms with Gasteiger partial charge in [-0.15, -0.1) is 0 Å². The molecule has 0 aliphatic carbocycles. The maximum Gasteiger partial charge on any atom is 0.224 e. The van der Waals surface area contributed by atoms with Gasteiger partial charge in [-0.2, -0.15) is 0 Å². The second-order valence-electron chi connectivity index (χ2n) is 7.14. The summed E-state index contributed by atoms with van der Waals surface area (Å²) >= 11 is 0. The highest BCUT2D eigenvalue weighted by Gasteiger charge is 2.12. The van der Waals surface area contributed by atoms with Crippen LogP contribution in [0.25, 0.3) is 0 Å². The molecular formula is C18H27N3O2Si. The summed E-state index contributed by atoms with van der Waals surface area (Å²) in [5.41, 5.74) is 1.73. The third kappa shape index (κ3) is 7.10. The Kier molecular flexibility index (Phi) is 6.75. The minimum absolute atomic E-state index is 0.00198. The molecule has 130 valence electrons. The summed E-state index contributed by atoms with van der Waals surface area (Å²) in [6, 6.07) is 10.6. The number of benzene rings is 1. The molecule has 1 amide bonds. The van der Waals surface area contributed by atoms with Crippen LogP contribution in [0.15, 0.2) is 42.9 Å². The molecule has 1 heterocycles. The van der Waals surface area contributed by atoms with Gasteiger partial charge in [0, 0.05) is 33.0 Å². The zero-order valence-electron chi connectivity index (χ0n) is 14.8. The van der Waals surface area contributed by atoms with Crippen LogP contribution in [-0.4, -0.2) is 30.1 Å². The molecule has 0 radical (unpaired) electrons. The number of rotatable bonds is 9. The fourth-order valence-corrected chi connectivity index (χ4v) is 2.90. The fraction of sp³-hybridized carbons (Fsp3) is 0.444. The first-order chi connectivity index (χ1) is 11.4. The van der Waals surface area contributed by atoms with Crippen LogP contribution in [0.4, 0.5) is 5.69 Å². The molecule has 0 unspecified atom stereocenters. The number of hydrogen-bond donors (Lipinski definition) is 1. The molecule has 1 aromatic carbocycles. The van der Waals surface area contributed by atoms with E-state index < -0.39 is 8.07 Å². The van der Waals surface area contributed by atoms with E-state index in [-0.39, 0.29) is 5.91 Å². The van der Waals surface area contributed by atoms with Crippen molar-refractivity contribution in [2.45, 2.75) is 45.3 Å². The summed E-state index contributed by atoms with van der Waals surface area (Å²) < 4.78 is 7.62. The van der Waals surface area contributed by atoms with Gasteiger partial charge >= 0.3 is 0 Å². The lowest BCUT2D eigenvalue weighted by Gasteiger charge is -2.15. The van der Waals surface area contributed by atoms with Gasteiger partial charge in [-0.25, -0.2) is 4.98 Å². The third-order valence-electron chi connectivity index (χ3n) is 3.59. The lowest BCUT2D eigenvalue weighted by atomic mass is 10.2. The highest BCUT2D eigenvalue weighted by atomic mass is 28.3. The number of hydrogen-bond acceptors (Lipinski definition) is 3. The first-order valence-corrected chi connectivity index (χ1v) is 12.1. The number of imidazole rings is 1. The highest BCUT2D eigenvalue weighted by Crippen LogP contribution is 2.09. The van der Waals surface area contributed by atoms with Gasteiger partial charge in [0.15, 0.2) is 0 Å². The Morgan fingerprint density at radius 3 is 2.71 bits per heavy atom. The van der Waals surface area contributed by atoms with Crippen molar-refractivity contribution in [3.05, 3.63) is 48.5 Å². The Hall–Kier alpha value is -1.92. The van der Waals surface area contributed by atoms with Crippen molar-refractivity contribution in [1.29, 1.82) is 0 Å². The summed E-state index contributed by atoms with van der Waals surface area (Å²) in [7, 11) is -1.04. The lowest BCUT2D eigenvalue weighted by molar-refractivity contribution is -0.116. The average molecular weight is 346 g/mol. The predicted octanol–water partition coefficient (Wildman–Crippen LogP) is 3.77. The van der Waals surface area contributed by atoms with Gasteiger partial charge in [0.05, 0.1) is 12.0 Å². The molecule has 0 bridgehead atoms. The monoisotopic (exact) mass is 345 g/mol. The summed E-state index contributed by atoms with van der Waals surface area (Å²) in [6.45, 7) is 8.33. The van der Waals surface area contributed by atoms with Gasteiger partial charge in [0.2, 0.25) is 5.91 Å². The minimum atomic E-state index is -1.04. The number of nitrogens with zero attached hydrogens (tertiary/aromatic N) is 2. The van der Waals surface area contributed by atoms with Crippen LogP contribution < -0.4 is 5.32 Å². The molecule has 24 heavy (non-hydrogen) atoms. The number of aryl methyl sites for hydroxylation is 1. The van der Waals surface area contributed by atoms with Crippen molar-refractivity contribution in [3.8, 4) is 0 Å². The van der Waals surface area contributed by atoms with E-state index in [1.807, 2.05) is 41.1 Å². The molecule has 2 aromatic rings. The number of amides is 1. The van der Waals surface area contributed by atoms with Gasteiger partial charge in [-0.3, -0.25) is 4.79 Å². The maximum atomic E-state index is 11.9. The van der Waals surface area contributed by atoms with E-state index in [1.54, 1.807) is 6.33 Å². The largest absolute Gasteiger partial charge is 0.361 e. The summed E-state index contributed by atoms with van der Waals surface area (Å²) in [4.78, 5) is 16.3. The molecule has 0 fully saturated rings. The molecule has 1 aromatic heterocycles. The maximum absolute atomic E-state index is 11.9. The van der Waals surface area contributed by atoms with Crippen molar-refractivity contribution < 1.29 is 9.53 Å². The zero-order chi connectivity index (χ0) is 17.4. The van der Waals surface area contributed by atoms with E-state index in [2.05, 4.69) is 29.9 Å². The van der Waals surface area contributed by atoms with Crippen LogP contribution >= 0.6 is 0 Å². The Morgan fingerprint density at radius 1 is 1.25 bits per heavy atom. The number of nitrogens with one attached hydrogen (secondary N) is 1. The Labute approximate surface area is 145 Å². The Morgan fingerprint density at radius 2 is 2.00 bits per heavy atom. The fourth-order valence-electron chi connectivity index (χ4n) is 2.14. The molecule has 0 saturated carbocycles. The van der Waals surface area contributed by atoms with Crippen LogP contribution in [0.3, 0.4) is 0 Å². The number of carbonyl (C=O) groups is 1. The van der Waals surface area contributed by atoms with E-state index in [9.17, 15) is 4.79 Å². The second-order valence-corrected chi connectivity index (χ2v) is 12.8. The van der Waals surface area contributed by atoms with Crippen LogP contribution in [0.5, 0.6) is 0 Å². The minimum Gasteiger partial charge on any atom is -0.361 e. The van der Waals surface area contributed by atoms with Crippen molar-refractivity contribution in [1.82, 2.24) is 9.55 Å². The van der Waals surface area contributed by atoms with E-state index in [0.717, 1.165) is 24.0 Å². The van der Waals surface area contributed by atoms with E-state index in [4.69, 9.17) is 4.74 Å². The van der Waals surface area contributed by atoms with E-state index >= 15 is 0 Å². The van der Waals surface area contributed by atoms with Crippen molar-refractivity contribution in [3.63, 3.8) is 0 Å². The third-order valence-corrected chi connectivity index (χ3v) is 5.29. The normalized spacial score (nSPS) is 11.5. The average Bonchev–Trinajstić information content (AvgIpc) is 2.98. The molecule has 0 atom stereocenters. The van der Waals surface area contributed by atoms with Gasteiger partial charge in [-0.05, 0) is 24.6 Å². The quantitative estimate of drug-likeness (QED) is 0.556. The molecule has 0 aliphatic rings. The zero-order valence-corrected chi connectivity index (χ0v) is 15.8. The van der Waals surface area contributed by atoms with Crippen LogP contribution in [-0.2, 0) is 22.7 Å². The van der Waals surface area contributed by atoms with Gasteiger partial charge in [-0.1, -0.05) is 37.8 Å². The molecule has 6 heteroatoms. The number of para-hydroxylation sites is 1. The molecule has 0 spiro atoms. The Balaban J connectivity index is 1.68. The molecule has 0 aliphatic heterocycles.